The Bertz CT molecular complexity index is 1320. The lowest BCUT2D eigenvalue weighted by Crippen LogP contribution is -1.98. The zero-order valence-electron chi connectivity index (χ0n) is 16.9. The monoisotopic (exact) mass is 408 g/mol. The van der Waals surface area contributed by atoms with Gasteiger partial charge in [0.2, 0.25) is 0 Å². The maximum absolute atomic E-state index is 5.86. The summed E-state index contributed by atoms with van der Waals surface area (Å²) < 4.78 is 7.76. The molecule has 0 spiro atoms. The second kappa shape index (κ2) is 8.23. The second-order valence-corrected chi connectivity index (χ2v) is 7.16. The van der Waals surface area contributed by atoms with E-state index in [1.165, 1.54) is 6.33 Å². The molecule has 0 aliphatic rings. The first-order valence-corrected chi connectivity index (χ1v) is 9.87. The van der Waals surface area contributed by atoms with Crippen LogP contribution in [0.3, 0.4) is 0 Å². The molecule has 5 aromatic rings. The van der Waals surface area contributed by atoms with Crippen LogP contribution >= 0.6 is 0 Å². The molecule has 0 radical (unpaired) electrons. The van der Waals surface area contributed by atoms with Crippen molar-refractivity contribution in [1.29, 1.82) is 0 Å². The molecule has 7 heteroatoms. The van der Waals surface area contributed by atoms with E-state index < -0.39 is 0 Å². The maximum Gasteiger partial charge on any atom is 0.141 e. The third kappa shape index (κ3) is 4.20. The number of nitrogens with zero attached hydrogens (tertiary/aromatic N) is 5. The molecule has 7 nitrogen and oxygen atoms in total. The van der Waals surface area contributed by atoms with Crippen molar-refractivity contribution in [1.82, 2.24) is 24.5 Å². The molecule has 5 rings (SSSR count). The van der Waals surface area contributed by atoms with Crippen molar-refractivity contribution in [3.63, 3.8) is 0 Å². The van der Waals surface area contributed by atoms with Crippen molar-refractivity contribution >= 4 is 22.4 Å². The van der Waals surface area contributed by atoms with Gasteiger partial charge in [-0.1, -0.05) is 30.3 Å². The van der Waals surface area contributed by atoms with Crippen molar-refractivity contribution in [3.8, 4) is 17.1 Å². The Morgan fingerprint density at radius 1 is 0.903 bits per heavy atom. The van der Waals surface area contributed by atoms with Crippen LogP contribution in [0.5, 0.6) is 5.75 Å². The molecule has 0 fully saturated rings. The van der Waals surface area contributed by atoms with Crippen molar-refractivity contribution in [2.45, 2.75) is 6.61 Å². The van der Waals surface area contributed by atoms with Crippen molar-refractivity contribution in [3.05, 3.63) is 91.3 Å². The molecule has 2 aromatic carbocycles. The Morgan fingerprint density at radius 2 is 1.74 bits per heavy atom. The molecular weight excluding hydrogens is 388 g/mol. The molecule has 0 unspecified atom stereocenters. The lowest BCUT2D eigenvalue weighted by molar-refractivity contribution is 0.306. The fourth-order valence-corrected chi connectivity index (χ4v) is 3.26. The van der Waals surface area contributed by atoms with Gasteiger partial charge in [0.15, 0.2) is 0 Å². The first-order valence-electron chi connectivity index (χ1n) is 9.87. The molecule has 1 N–H and O–H groups in total. The van der Waals surface area contributed by atoms with E-state index >= 15 is 0 Å². The van der Waals surface area contributed by atoms with Gasteiger partial charge in [0.25, 0.3) is 0 Å². The highest BCUT2D eigenvalue weighted by atomic mass is 16.5. The minimum absolute atomic E-state index is 0.535. The summed E-state index contributed by atoms with van der Waals surface area (Å²) in [5.41, 5.74) is 4.38. The van der Waals surface area contributed by atoms with Crippen LogP contribution in [0.25, 0.3) is 22.3 Å². The molecule has 0 saturated carbocycles. The third-order valence-corrected chi connectivity index (χ3v) is 4.85. The summed E-state index contributed by atoms with van der Waals surface area (Å²) in [7, 11) is 1.93. The fourth-order valence-electron chi connectivity index (χ4n) is 3.26. The van der Waals surface area contributed by atoms with E-state index in [9.17, 15) is 0 Å². The highest BCUT2D eigenvalue weighted by Gasteiger charge is 2.09. The predicted octanol–water partition coefficient (Wildman–Crippen LogP) is 4.75. The van der Waals surface area contributed by atoms with Gasteiger partial charge in [-0.25, -0.2) is 15.0 Å². The first kappa shape index (κ1) is 18.7. The van der Waals surface area contributed by atoms with Crippen molar-refractivity contribution in [2.75, 3.05) is 5.32 Å². The van der Waals surface area contributed by atoms with Crippen molar-refractivity contribution in [2.24, 2.45) is 7.05 Å². The molecule has 152 valence electrons. The second-order valence-electron chi connectivity index (χ2n) is 7.16. The van der Waals surface area contributed by atoms with Crippen molar-refractivity contribution < 1.29 is 4.74 Å². The van der Waals surface area contributed by atoms with Crippen LogP contribution in [0.15, 0.2) is 85.7 Å². The summed E-state index contributed by atoms with van der Waals surface area (Å²) in [6, 6.07) is 19.9. The third-order valence-electron chi connectivity index (χ3n) is 4.85. The lowest BCUT2D eigenvalue weighted by atomic mass is 10.2. The molecule has 0 atom stereocenters. The molecule has 3 aromatic heterocycles. The number of rotatable bonds is 6. The summed E-state index contributed by atoms with van der Waals surface area (Å²) in [5, 5.41) is 4.25. The van der Waals surface area contributed by atoms with Gasteiger partial charge in [-0.2, -0.15) is 0 Å². The van der Waals surface area contributed by atoms with E-state index in [1.807, 2.05) is 78.5 Å². The number of benzene rings is 2. The van der Waals surface area contributed by atoms with E-state index in [2.05, 4.69) is 25.3 Å². The Balaban J connectivity index is 1.36. The summed E-state index contributed by atoms with van der Waals surface area (Å²) in [6.07, 6.45) is 6.96. The molecule has 0 aliphatic carbocycles. The van der Waals surface area contributed by atoms with E-state index in [0.29, 0.717) is 12.4 Å². The van der Waals surface area contributed by atoms with Gasteiger partial charge in [0.05, 0.1) is 23.7 Å². The molecule has 0 bridgehead atoms. The van der Waals surface area contributed by atoms with E-state index in [1.54, 1.807) is 12.5 Å². The zero-order valence-corrected chi connectivity index (χ0v) is 16.9. The normalized spacial score (nSPS) is 10.9. The highest BCUT2D eigenvalue weighted by Crippen LogP contribution is 2.27. The largest absolute Gasteiger partial charge is 0.489 e. The molecule has 31 heavy (non-hydrogen) atoms. The summed E-state index contributed by atoms with van der Waals surface area (Å²) in [6.45, 7) is 0.535. The van der Waals surface area contributed by atoms with Crippen LogP contribution in [0, 0.1) is 0 Å². The number of ether oxygens (including phenoxy) is 1. The number of anilines is 2. The summed E-state index contributed by atoms with van der Waals surface area (Å²) in [4.78, 5) is 17.6. The first-order chi connectivity index (χ1) is 15.2. The number of hydrogen-bond acceptors (Lipinski definition) is 6. The Morgan fingerprint density at radius 3 is 2.52 bits per heavy atom. The lowest BCUT2D eigenvalue weighted by Gasteiger charge is -2.10. The van der Waals surface area contributed by atoms with Crippen LogP contribution in [-0.4, -0.2) is 24.5 Å². The van der Waals surface area contributed by atoms with Crippen LogP contribution in [0.1, 0.15) is 5.56 Å². The van der Waals surface area contributed by atoms with E-state index in [0.717, 1.165) is 39.3 Å². The minimum Gasteiger partial charge on any atom is -0.489 e. The number of hydrogen-bond donors (Lipinski definition) is 1. The van der Waals surface area contributed by atoms with Gasteiger partial charge in [-0.3, -0.25) is 4.98 Å². The molecule has 0 aliphatic heterocycles. The number of pyridine rings is 1. The van der Waals surface area contributed by atoms with Crippen LogP contribution < -0.4 is 10.1 Å². The summed E-state index contributed by atoms with van der Waals surface area (Å²) >= 11 is 0. The van der Waals surface area contributed by atoms with Gasteiger partial charge in [-0.05, 0) is 35.9 Å². The summed E-state index contributed by atoms with van der Waals surface area (Å²) in [5.74, 6) is 1.52. The zero-order chi connectivity index (χ0) is 21.0. The van der Waals surface area contributed by atoms with Gasteiger partial charge in [0.1, 0.15) is 30.2 Å². The minimum atomic E-state index is 0.535. The Hall–Kier alpha value is -4.26. The molecule has 0 amide bonds. The number of fused-ring (bicyclic) bond motifs is 1. The van der Waals surface area contributed by atoms with Gasteiger partial charge >= 0.3 is 0 Å². The van der Waals surface area contributed by atoms with E-state index in [4.69, 9.17) is 4.74 Å². The smallest absolute Gasteiger partial charge is 0.141 e. The van der Waals surface area contributed by atoms with Crippen LogP contribution in [0.4, 0.5) is 11.5 Å². The van der Waals surface area contributed by atoms with Gasteiger partial charge in [0, 0.05) is 24.3 Å². The number of imidazole rings is 1. The average Bonchev–Trinajstić information content (AvgIpc) is 3.25. The number of nitrogens with one attached hydrogen (secondary N) is 1. The molecule has 3 heterocycles. The highest BCUT2D eigenvalue weighted by molar-refractivity contribution is 5.92. The Labute approximate surface area is 179 Å². The number of aromatic nitrogens is 5. The fraction of sp³-hybridized carbons (Fsp3) is 0.0833. The van der Waals surface area contributed by atoms with Crippen LogP contribution in [-0.2, 0) is 13.7 Å². The Kier molecular flexibility index (Phi) is 4.98. The standard InChI is InChI=1S/C24H20N6O/c1-30-13-23(28-16-30)21-11-20-22(12-25-21)26-15-27-24(20)29-18-7-9-19(10-8-18)31-14-17-5-3-2-4-6-17/h2-13,15-16H,14H2,1H3,(H,26,27,29). The number of aryl methyl sites for hydroxylation is 1. The van der Waals surface area contributed by atoms with Gasteiger partial charge < -0.3 is 14.6 Å². The van der Waals surface area contributed by atoms with Crippen LogP contribution in [0.2, 0.25) is 0 Å². The molecular formula is C24H20N6O. The van der Waals surface area contributed by atoms with E-state index in [-0.39, 0.29) is 0 Å². The SMILES string of the molecule is Cn1cnc(-c2cc3c(Nc4ccc(OCc5ccccc5)cc4)ncnc3cn2)c1. The van der Waals surface area contributed by atoms with Gasteiger partial charge in [-0.15, -0.1) is 0 Å². The quantitative estimate of drug-likeness (QED) is 0.437. The molecule has 0 saturated heterocycles. The average molecular weight is 408 g/mol. The topological polar surface area (TPSA) is 77.8 Å². The maximum atomic E-state index is 5.86. The predicted molar refractivity (Wildman–Crippen MR) is 120 cm³/mol.